The van der Waals surface area contributed by atoms with Gasteiger partial charge in [-0.15, -0.1) is 0 Å². The largest absolute Gasteiger partial charge is 0.489 e. The quantitative estimate of drug-likeness (QED) is 0.222. The van der Waals surface area contributed by atoms with Crippen LogP contribution in [0.1, 0.15) is 24.2 Å². The zero-order chi connectivity index (χ0) is 33.9. The number of piperazine rings is 1. The molecule has 0 saturated carbocycles. The summed E-state index contributed by atoms with van der Waals surface area (Å²) < 4.78 is 19.9. The molecule has 3 aromatic carbocycles. The lowest BCUT2D eigenvalue weighted by Gasteiger charge is -2.51. The van der Waals surface area contributed by atoms with Crippen LogP contribution in [0.25, 0.3) is 6.20 Å². The Morgan fingerprint density at radius 3 is 2.53 bits per heavy atom. The summed E-state index contributed by atoms with van der Waals surface area (Å²) in [5.74, 6) is 1.17. The summed E-state index contributed by atoms with van der Waals surface area (Å²) in [5.41, 5.74) is 1.34. The predicted octanol–water partition coefficient (Wildman–Crippen LogP) is 3.40. The standard InChI is InChI=1S/C37H39ClN6O5/c1-25(2)49-35-12-7-26(34(45)19-41-14-13-39-24-41)15-33(35)44-16-27-5-3-4-6-32(27)40-36(44)20-43-29-17-42(18-30(43)22-47-21-29)37(46)23-48-31-10-8-28(38)9-11-31/h3-16,24-25,29-30,36H,17-23H2,1-2H3. The Kier molecular flexibility index (Phi) is 9.65. The zero-order valence-corrected chi connectivity index (χ0v) is 28.3. The molecular weight excluding hydrogens is 644 g/mol. The second-order valence-corrected chi connectivity index (χ2v) is 13.2. The third-order valence-corrected chi connectivity index (χ3v) is 9.21. The molecule has 2 saturated heterocycles. The molecule has 12 heteroatoms. The molecule has 2 bridgehead atoms. The number of para-hydroxylation sites is 1. The fourth-order valence-electron chi connectivity index (χ4n) is 6.60. The minimum Gasteiger partial charge on any atom is -0.489 e. The third-order valence-electron chi connectivity index (χ3n) is 8.95. The van der Waals surface area contributed by atoms with Gasteiger partial charge in [0.15, 0.2) is 12.4 Å². The molecule has 1 amide bonds. The van der Waals surface area contributed by atoms with Gasteiger partial charge in [-0.3, -0.25) is 19.5 Å². The van der Waals surface area contributed by atoms with E-state index >= 15 is 0 Å². The van der Waals surface area contributed by atoms with Crippen LogP contribution in [0.5, 0.6) is 11.5 Å². The van der Waals surface area contributed by atoms with Crippen molar-refractivity contribution in [3.05, 3.63) is 107 Å². The van der Waals surface area contributed by atoms with Gasteiger partial charge in [-0.2, -0.15) is 0 Å². The average Bonchev–Trinajstić information content (AvgIpc) is 3.60. The number of nitrogens with zero attached hydrogens (tertiary/aromatic N) is 6. The van der Waals surface area contributed by atoms with Crippen LogP contribution >= 0.6 is 11.6 Å². The average molecular weight is 683 g/mol. The zero-order valence-electron chi connectivity index (χ0n) is 27.5. The van der Waals surface area contributed by atoms with E-state index in [1.807, 2.05) is 61.2 Å². The monoisotopic (exact) mass is 682 g/mol. The number of amides is 1. The lowest BCUT2D eigenvalue weighted by Crippen LogP contribution is -2.67. The Morgan fingerprint density at radius 1 is 1.02 bits per heavy atom. The minimum atomic E-state index is -0.331. The second kappa shape index (κ2) is 14.4. The number of halogens is 1. The molecule has 0 aliphatic carbocycles. The van der Waals surface area contributed by atoms with Crippen LogP contribution in [0, 0.1) is 0 Å². The number of Topliss-reactive ketones (excluding diaryl/α,β-unsaturated/α-hetero) is 1. The van der Waals surface area contributed by atoms with Crippen LogP contribution in [-0.4, -0.2) is 94.8 Å². The second-order valence-electron chi connectivity index (χ2n) is 12.8. The van der Waals surface area contributed by atoms with Gasteiger partial charge in [0.05, 0.1) is 55.3 Å². The predicted molar refractivity (Wildman–Crippen MR) is 185 cm³/mol. The van der Waals surface area contributed by atoms with Crippen molar-refractivity contribution < 1.29 is 23.8 Å². The van der Waals surface area contributed by atoms with Crippen LogP contribution in [0.2, 0.25) is 5.02 Å². The number of anilines is 1. The van der Waals surface area contributed by atoms with E-state index < -0.39 is 0 Å². The summed E-state index contributed by atoms with van der Waals surface area (Å²) in [5, 5.41) is 2.49. The molecule has 3 aliphatic rings. The molecule has 4 aromatic rings. The van der Waals surface area contributed by atoms with E-state index in [2.05, 4.69) is 21.0 Å². The summed E-state index contributed by atoms with van der Waals surface area (Å²) in [6.07, 6.45) is 6.77. The van der Waals surface area contributed by atoms with Gasteiger partial charge in [0.25, 0.3) is 5.91 Å². The molecule has 3 unspecified atom stereocenters. The molecule has 2 fully saturated rings. The maximum atomic E-state index is 13.4. The van der Waals surface area contributed by atoms with E-state index in [9.17, 15) is 9.59 Å². The topological polar surface area (TPSA) is 102 Å². The first-order chi connectivity index (χ1) is 23.8. The molecule has 0 radical (unpaired) electrons. The van der Waals surface area contributed by atoms with Gasteiger partial charge in [0, 0.05) is 54.0 Å². The van der Waals surface area contributed by atoms with E-state index in [-0.39, 0.29) is 49.2 Å². The molecule has 254 valence electrons. The maximum Gasteiger partial charge on any atom is 0.260 e. The Balaban J connectivity index is 1.15. The van der Waals surface area contributed by atoms with Gasteiger partial charge in [0.2, 0.25) is 0 Å². The normalized spacial score (nSPS) is 20.3. The van der Waals surface area contributed by atoms with Crippen LogP contribution < -0.4 is 24.9 Å². The number of benzene rings is 3. The molecule has 1 aromatic heterocycles. The SMILES string of the molecule is CC(C)Oc1ccc(C(=O)Cn2ccnc2)cc1N1C=c2ccccc2=NC1CN1C2COCC1CN(C(=O)COc1ccc(Cl)cc1)C2. The number of morpholine rings is 1. The van der Waals surface area contributed by atoms with Crippen molar-refractivity contribution in [3.63, 3.8) is 0 Å². The Morgan fingerprint density at radius 2 is 1.80 bits per heavy atom. The Labute approximate surface area is 290 Å². The van der Waals surface area contributed by atoms with E-state index in [1.54, 1.807) is 47.6 Å². The van der Waals surface area contributed by atoms with Gasteiger partial charge in [-0.05, 0) is 62.4 Å². The molecule has 0 N–H and O–H groups in total. The first-order valence-electron chi connectivity index (χ1n) is 16.5. The summed E-state index contributed by atoms with van der Waals surface area (Å²) in [4.78, 5) is 42.5. The van der Waals surface area contributed by atoms with Gasteiger partial charge in [-0.1, -0.05) is 29.8 Å². The van der Waals surface area contributed by atoms with Crippen molar-refractivity contribution in [2.75, 3.05) is 44.4 Å². The van der Waals surface area contributed by atoms with Crippen molar-refractivity contribution in [3.8, 4) is 11.5 Å². The summed E-state index contributed by atoms with van der Waals surface area (Å²) in [6, 6.07) is 20.6. The van der Waals surface area contributed by atoms with Crippen molar-refractivity contribution >= 4 is 35.2 Å². The van der Waals surface area contributed by atoms with Crippen molar-refractivity contribution in [1.82, 2.24) is 19.4 Å². The fraction of sp³-hybridized carbons (Fsp3) is 0.351. The number of rotatable bonds is 11. The smallest absolute Gasteiger partial charge is 0.260 e. The molecule has 7 rings (SSSR count). The highest BCUT2D eigenvalue weighted by Crippen LogP contribution is 2.34. The molecule has 3 atom stereocenters. The van der Waals surface area contributed by atoms with Crippen molar-refractivity contribution in [1.29, 1.82) is 0 Å². The van der Waals surface area contributed by atoms with Crippen molar-refractivity contribution in [2.24, 2.45) is 4.99 Å². The summed E-state index contributed by atoms with van der Waals surface area (Å²) in [7, 11) is 0. The number of ketones is 1. The maximum absolute atomic E-state index is 13.4. The van der Waals surface area contributed by atoms with Crippen molar-refractivity contribution in [2.45, 2.75) is 44.7 Å². The van der Waals surface area contributed by atoms with Gasteiger partial charge < -0.3 is 28.6 Å². The molecule has 3 aliphatic heterocycles. The van der Waals surface area contributed by atoms with Gasteiger partial charge in [-0.25, -0.2) is 4.98 Å². The van der Waals surface area contributed by atoms with Gasteiger partial charge in [0.1, 0.15) is 17.7 Å². The molecule has 0 spiro atoms. The number of aromatic nitrogens is 2. The summed E-state index contributed by atoms with van der Waals surface area (Å²) in [6.45, 7) is 6.74. The van der Waals surface area contributed by atoms with Crippen LogP contribution in [-0.2, 0) is 16.1 Å². The Bertz CT molecular complexity index is 1900. The number of hydrogen-bond acceptors (Lipinski definition) is 9. The molecule has 49 heavy (non-hydrogen) atoms. The van der Waals surface area contributed by atoms with Crippen LogP contribution in [0.15, 0.2) is 90.4 Å². The number of hydrogen-bond donors (Lipinski definition) is 0. The molecule has 4 heterocycles. The van der Waals surface area contributed by atoms with E-state index in [0.717, 1.165) is 16.3 Å². The van der Waals surface area contributed by atoms with E-state index in [1.165, 1.54) is 0 Å². The number of fused-ring (bicyclic) bond motifs is 3. The number of carbonyl (C=O) groups is 2. The van der Waals surface area contributed by atoms with Crippen LogP contribution in [0.4, 0.5) is 5.69 Å². The number of carbonyl (C=O) groups excluding carboxylic acids is 2. The lowest BCUT2D eigenvalue weighted by molar-refractivity contribution is -0.147. The highest BCUT2D eigenvalue weighted by molar-refractivity contribution is 6.30. The van der Waals surface area contributed by atoms with E-state index in [4.69, 9.17) is 30.8 Å². The Hall–Kier alpha value is -4.71. The first kappa shape index (κ1) is 32.8. The highest BCUT2D eigenvalue weighted by atomic mass is 35.5. The third kappa shape index (κ3) is 7.49. The molecule has 11 nitrogen and oxygen atoms in total. The molecular formula is C37H39ClN6O5. The summed E-state index contributed by atoms with van der Waals surface area (Å²) >= 11 is 5.99. The van der Waals surface area contributed by atoms with E-state index in [0.29, 0.717) is 54.9 Å². The fourth-order valence-corrected chi connectivity index (χ4v) is 6.73. The highest BCUT2D eigenvalue weighted by Gasteiger charge is 2.41. The number of imidazole rings is 1. The van der Waals surface area contributed by atoms with Crippen LogP contribution in [0.3, 0.4) is 0 Å². The first-order valence-corrected chi connectivity index (χ1v) is 16.9. The van der Waals surface area contributed by atoms with Gasteiger partial charge >= 0.3 is 0 Å². The lowest BCUT2D eigenvalue weighted by atomic mass is 10.0. The minimum absolute atomic E-state index is 0.0179. The number of ether oxygens (including phenoxy) is 3.